The Balaban J connectivity index is 1.98. The first-order chi connectivity index (χ1) is 15.5. The molecule has 1 N–H and O–H groups in total. The van der Waals surface area contributed by atoms with Gasteiger partial charge in [-0.3, -0.25) is 9.59 Å². The number of carbonyl (C=O) groups is 1. The molecule has 0 bridgehead atoms. The smallest absolute Gasteiger partial charge is 0.256 e. The lowest BCUT2D eigenvalue weighted by Crippen LogP contribution is -2.25. The standard InChI is InChI=1S/C25H20ClN3O3/c1-16-23(30)22(20-10-6-7-11-21(20)32-2)24(29(28-16)19-8-4-3-5-9-19)27-25(31)17-12-14-18(26)15-13-17/h3-15H,1-2H3,(H,27,31). The third-order valence-electron chi connectivity index (χ3n) is 4.97. The number of benzene rings is 3. The van der Waals surface area contributed by atoms with Gasteiger partial charge in [-0.05, 0) is 49.4 Å². The Hall–Kier alpha value is -3.90. The van der Waals surface area contributed by atoms with E-state index in [1.54, 1.807) is 48.0 Å². The minimum absolute atomic E-state index is 0.247. The lowest BCUT2D eigenvalue weighted by Gasteiger charge is -2.19. The van der Waals surface area contributed by atoms with Crippen LogP contribution in [0.4, 0.5) is 5.82 Å². The zero-order chi connectivity index (χ0) is 22.7. The Morgan fingerprint density at radius 2 is 1.62 bits per heavy atom. The van der Waals surface area contributed by atoms with Crippen LogP contribution in [0.25, 0.3) is 16.8 Å². The molecule has 0 aliphatic rings. The molecule has 0 aliphatic carbocycles. The van der Waals surface area contributed by atoms with Gasteiger partial charge in [-0.15, -0.1) is 0 Å². The average molecular weight is 446 g/mol. The maximum atomic E-state index is 13.3. The van der Waals surface area contributed by atoms with Gasteiger partial charge in [0.05, 0.1) is 18.4 Å². The highest BCUT2D eigenvalue weighted by atomic mass is 35.5. The SMILES string of the molecule is COc1ccccc1-c1c(NC(=O)c2ccc(Cl)cc2)n(-c2ccccc2)nc(C)c1=O. The number of anilines is 1. The van der Waals surface area contributed by atoms with E-state index in [-0.39, 0.29) is 11.2 Å². The van der Waals surface area contributed by atoms with Gasteiger partial charge in [-0.1, -0.05) is 48.0 Å². The molecule has 1 heterocycles. The molecule has 160 valence electrons. The van der Waals surface area contributed by atoms with Crippen LogP contribution in [-0.4, -0.2) is 22.8 Å². The van der Waals surface area contributed by atoms with Crippen LogP contribution in [-0.2, 0) is 0 Å². The number of hydrogen-bond donors (Lipinski definition) is 1. The van der Waals surface area contributed by atoms with Gasteiger partial charge >= 0.3 is 0 Å². The molecule has 0 saturated carbocycles. The highest BCUT2D eigenvalue weighted by molar-refractivity contribution is 6.30. The van der Waals surface area contributed by atoms with Gasteiger partial charge in [0, 0.05) is 16.1 Å². The van der Waals surface area contributed by atoms with Crippen molar-refractivity contribution < 1.29 is 9.53 Å². The second-order valence-corrected chi connectivity index (χ2v) is 7.48. The lowest BCUT2D eigenvalue weighted by molar-refractivity contribution is 0.102. The fourth-order valence-corrected chi connectivity index (χ4v) is 3.52. The topological polar surface area (TPSA) is 73.2 Å². The number of para-hydroxylation sites is 2. The number of halogens is 1. The van der Waals surface area contributed by atoms with Gasteiger partial charge in [0.25, 0.3) is 5.91 Å². The van der Waals surface area contributed by atoms with E-state index >= 15 is 0 Å². The Morgan fingerprint density at radius 3 is 2.31 bits per heavy atom. The number of ether oxygens (including phenoxy) is 1. The monoisotopic (exact) mass is 445 g/mol. The highest BCUT2D eigenvalue weighted by Gasteiger charge is 2.22. The molecule has 1 amide bonds. The first-order valence-corrected chi connectivity index (χ1v) is 10.3. The van der Waals surface area contributed by atoms with Crippen LogP contribution >= 0.6 is 11.6 Å². The summed E-state index contributed by atoms with van der Waals surface area (Å²) in [5.41, 5.74) is 1.93. The number of aromatic nitrogens is 2. The summed E-state index contributed by atoms with van der Waals surface area (Å²) in [6.07, 6.45) is 0. The summed E-state index contributed by atoms with van der Waals surface area (Å²) < 4.78 is 7.06. The molecule has 7 heteroatoms. The Morgan fingerprint density at radius 1 is 0.969 bits per heavy atom. The van der Waals surface area contributed by atoms with Gasteiger partial charge in [0.1, 0.15) is 17.3 Å². The Bertz CT molecular complexity index is 1330. The summed E-state index contributed by atoms with van der Waals surface area (Å²) in [6, 6.07) is 23.0. The van der Waals surface area contributed by atoms with Crippen molar-refractivity contribution in [2.45, 2.75) is 6.92 Å². The fourth-order valence-electron chi connectivity index (χ4n) is 3.39. The number of amides is 1. The van der Waals surface area contributed by atoms with Crippen LogP contribution < -0.4 is 15.5 Å². The molecule has 32 heavy (non-hydrogen) atoms. The van der Waals surface area contributed by atoms with E-state index in [1.807, 2.05) is 42.5 Å². The molecule has 0 unspecified atom stereocenters. The van der Waals surface area contributed by atoms with Gasteiger partial charge in [0.15, 0.2) is 0 Å². The number of rotatable bonds is 5. The molecule has 0 atom stereocenters. The molecule has 0 fully saturated rings. The quantitative estimate of drug-likeness (QED) is 0.462. The molecular weight excluding hydrogens is 426 g/mol. The van der Waals surface area contributed by atoms with Crippen LogP contribution in [0.1, 0.15) is 16.1 Å². The molecule has 0 spiro atoms. The van der Waals surface area contributed by atoms with Crippen molar-refractivity contribution in [2.75, 3.05) is 12.4 Å². The first-order valence-electron chi connectivity index (χ1n) is 9.89. The molecule has 0 aliphatic heterocycles. The highest BCUT2D eigenvalue weighted by Crippen LogP contribution is 2.33. The first kappa shape index (κ1) is 21.3. The number of nitrogens with zero attached hydrogens (tertiary/aromatic N) is 2. The van der Waals surface area contributed by atoms with Crippen molar-refractivity contribution in [2.24, 2.45) is 0 Å². The van der Waals surface area contributed by atoms with Gasteiger partial charge in [-0.2, -0.15) is 5.10 Å². The van der Waals surface area contributed by atoms with Crippen molar-refractivity contribution in [3.05, 3.63) is 105 Å². The number of carbonyl (C=O) groups excluding carboxylic acids is 1. The number of nitrogens with one attached hydrogen (secondary N) is 1. The summed E-state index contributed by atoms with van der Waals surface area (Å²) in [5.74, 6) is 0.362. The summed E-state index contributed by atoms with van der Waals surface area (Å²) >= 11 is 5.96. The van der Waals surface area contributed by atoms with E-state index in [0.717, 1.165) is 0 Å². The molecule has 0 saturated heterocycles. The summed E-state index contributed by atoms with van der Waals surface area (Å²) in [7, 11) is 1.54. The maximum Gasteiger partial charge on any atom is 0.256 e. The number of aryl methyl sites for hydroxylation is 1. The largest absolute Gasteiger partial charge is 0.496 e. The fraction of sp³-hybridized carbons (Fsp3) is 0.0800. The average Bonchev–Trinajstić information content (AvgIpc) is 2.82. The van der Waals surface area contributed by atoms with Crippen LogP contribution in [0, 0.1) is 6.92 Å². The molecule has 4 rings (SSSR count). The lowest BCUT2D eigenvalue weighted by atomic mass is 10.0. The zero-order valence-electron chi connectivity index (χ0n) is 17.5. The summed E-state index contributed by atoms with van der Waals surface area (Å²) in [4.78, 5) is 26.4. The normalized spacial score (nSPS) is 10.6. The van der Waals surface area contributed by atoms with Crippen molar-refractivity contribution in [3.63, 3.8) is 0 Å². The van der Waals surface area contributed by atoms with E-state index in [1.165, 1.54) is 7.11 Å². The molecule has 4 aromatic rings. The van der Waals surface area contributed by atoms with Crippen molar-refractivity contribution in [1.29, 1.82) is 0 Å². The third-order valence-corrected chi connectivity index (χ3v) is 5.22. The minimum atomic E-state index is -0.396. The minimum Gasteiger partial charge on any atom is -0.496 e. The van der Waals surface area contributed by atoms with Crippen molar-refractivity contribution in [1.82, 2.24) is 9.78 Å². The predicted molar refractivity (Wildman–Crippen MR) is 126 cm³/mol. The molecule has 1 aromatic heterocycles. The van der Waals surface area contributed by atoms with Crippen molar-refractivity contribution >= 4 is 23.3 Å². The maximum absolute atomic E-state index is 13.3. The molecule has 3 aromatic carbocycles. The number of methoxy groups -OCH3 is 1. The van der Waals surface area contributed by atoms with E-state index in [9.17, 15) is 9.59 Å². The van der Waals surface area contributed by atoms with Crippen LogP contribution in [0.15, 0.2) is 83.7 Å². The Labute approximate surface area is 190 Å². The van der Waals surface area contributed by atoms with Crippen LogP contribution in [0.2, 0.25) is 5.02 Å². The van der Waals surface area contributed by atoms with Gasteiger partial charge in [0.2, 0.25) is 5.43 Å². The van der Waals surface area contributed by atoms with Crippen molar-refractivity contribution in [3.8, 4) is 22.6 Å². The van der Waals surface area contributed by atoms with E-state index in [2.05, 4.69) is 10.4 Å². The van der Waals surface area contributed by atoms with Gasteiger partial charge in [-0.25, -0.2) is 4.68 Å². The molecule has 6 nitrogen and oxygen atoms in total. The zero-order valence-corrected chi connectivity index (χ0v) is 18.3. The van der Waals surface area contributed by atoms with Crippen LogP contribution in [0.5, 0.6) is 5.75 Å². The molecule has 0 radical (unpaired) electrons. The number of hydrogen-bond acceptors (Lipinski definition) is 4. The van der Waals surface area contributed by atoms with E-state index < -0.39 is 5.91 Å². The van der Waals surface area contributed by atoms with Crippen LogP contribution in [0.3, 0.4) is 0 Å². The third kappa shape index (κ3) is 4.13. The second kappa shape index (κ2) is 9.08. The Kier molecular flexibility index (Phi) is 6.05. The van der Waals surface area contributed by atoms with Gasteiger partial charge < -0.3 is 10.1 Å². The summed E-state index contributed by atoms with van der Waals surface area (Å²) in [5, 5.41) is 7.89. The second-order valence-electron chi connectivity index (χ2n) is 7.05. The predicted octanol–water partition coefficient (Wildman–Crippen LogP) is 5.12. The van der Waals surface area contributed by atoms with E-state index in [0.29, 0.717) is 38.8 Å². The molecular formula is C25H20ClN3O3. The van der Waals surface area contributed by atoms with E-state index in [4.69, 9.17) is 16.3 Å². The summed E-state index contributed by atoms with van der Waals surface area (Å²) in [6.45, 7) is 1.64.